The summed E-state index contributed by atoms with van der Waals surface area (Å²) in [7, 11) is 0. The van der Waals surface area contributed by atoms with E-state index in [1.807, 2.05) is 0 Å². The lowest BCUT2D eigenvalue weighted by atomic mass is 10.2. The Kier molecular flexibility index (Phi) is 4.82. The number of amides is 2. The molecule has 1 aliphatic rings. The van der Waals surface area contributed by atoms with Crippen molar-refractivity contribution in [2.75, 3.05) is 6.54 Å². The first-order chi connectivity index (χ1) is 9.08. The monoisotopic (exact) mass is 344 g/mol. The molecule has 4 nitrogen and oxygen atoms in total. The molecule has 0 heterocycles. The first-order valence-electron chi connectivity index (χ1n) is 6.09. The van der Waals surface area contributed by atoms with E-state index in [2.05, 4.69) is 26.6 Å². The zero-order valence-electron chi connectivity index (χ0n) is 10.2. The number of carbonyl (C=O) groups excluding carboxylic acids is 2. The van der Waals surface area contributed by atoms with E-state index in [1.165, 1.54) is 0 Å². The molecule has 1 saturated carbocycles. The zero-order valence-corrected chi connectivity index (χ0v) is 12.6. The second-order valence-electron chi connectivity index (χ2n) is 4.45. The third-order valence-electron chi connectivity index (χ3n) is 2.78. The predicted octanol–water partition coefficient (Wildman–Crippen LogP) is 2.50. The van der Waals surface area contributed by atoms with Crippen LogP contribution < -0.4 is 10.6 Å². The molecule has 2 amide bonds. The Balaban J connectivity index is 1.80. The second-order valence-corrected chi connectivity index (χ2v) is 5.68. The van der Waals surface area contributed by atoms with Gasteiger partial charge in [0.15, 0.2) is 0 Å². The number of benzene rings is 1. The van der Waals surface area contributed by atoms with Gasteiger partial charge >= 0.3 is 0 Å². The Bertz CT molecular complexity index is 503. The van der Waals surface area contributed by atoms with Crippen LogP contribution in [0.2, 0.25) is 5.02 Å². The van der Waals surface area contributed by atoms with E-state index in [-0.39, 0.29) is 18.2 Å². The maximum atomic E-state index is 11.9. The van der Waals surface area contributed by atoms with Crippen molar-refractivity contribution in [3.63, 3.8) is 0 Å². The summed E-state index contributed by atoms with van der Waals surface area (Å²) in [6, 6.07) is 5.50. The van der Waals surface area contributed by atoms with Crippen molar-refractivity contribution in [1.82, 2.24) is 10.6 Å². The second kappa shape index (κ2) is 6.39. The molecule has 1 aliphatic carbocycles. The first-order valence-corrected chi connectivity index (χ1v) is 7.26. The normalized spacial score (nSPS) is 14.0. The minimum atomic E-state index is -0.273. The number of hydrogen-bond acceptors (Lipinski definition) is 2. The Morgan fingerprint density at radius 2 is 2.11 bits per heavy atom. The average Bonchev–Trinajstić information content (AvgIpc) is 3.16. The fraction of sp³-hybridized carbons (Fsp3) is 0.385. The smallest absolute Gasteiger partial charge is 0.252 e. The molecule has 0 atom stereocenters. The summed E-state index contributed by atoms with van der Waals surface area (Å²) in [5.41, 5.74) is 0.402. The molecule has 0 saturated heterocycles. The molecular weight excluding hydrogens is 332 g/mol. The summed E-state index contributed by atoms with van der Waals surface area (Å²) in [6.45, 7) is 0.306. The lowest BCUT2D eigenvalue weighted by Crippen LogP contribution is -2.31. The maximum absolute atomic E-state index is 11.9. The first kappa shape index (κ1) is 14.3. The van der Waals surface area contributed by atoms with E-state index in [0.717, 1.165) is 12.8 Å². The fourth-order valence-corrected chi connectivity index (χ4v) is 2.17. The van der Waals surface area contributed by atoms with Gasteiger partial charge in [0, 0.05) is 23.5 Å². The zero-order chi connectivity index (χ0) is 13.8. The molecule has 0 aliphatic heterocycles. The van der Waals surface area contributed by atoms with Gasteiger partial charge in [0.05, 0.1) is 10.6 Å². The van der Waals surface area contributed by atoms with Crippen LogP contribution in [0.4, 0.5) is 0 Å². The molecule has 102 valence electrons. The molecule has 19 heavy (non-hydrogen) atoms. The molecule has 2 N–H and O–H groups in total. The fourth-order valence-electron chi connectivity index (χ4n) is 1.59. The van der Waals surface area contributed by atoms with Gasteiger partial charge in [-0.25, -0.2) is 0 Å². The molecule has 0 radical (unpaired) electrons. The van der Waals surface area contributed by atoms with Crippen LogP contribution in [0.5, 0.6) is 0 Å². The predicted molar refractivity (Wildman–Crippen MR) is 77.3 cm³/mol. The van der Waals surface area contributed by atoms with Gasteiger partial charge in [0.1, 0.15) is 0 Å². The largest absolute Gasteiger partial charge is 0.353 e. The SMILES string of the molecule is O=C(CCNC(=O)c1cccc(Br)c1Cl)NC1CC1. The molecule has 0 bridgehead atoms. The summed E-state index contributed by atoms with van der Waals surface area (Å²) in [4.78, 5) is 23.3. The van der Waals surface area contributed by atoms with Crippen molar-refractivity contribution in [1.29, 1.82) is 0 Å². The maximum Gasteiger partial charge on any atom is 0.252 e. The van der Waals surface area contributed by atoms with Crippen molar-refractivity contribution in [3.05, 3.63) is 33.3 Å². The van der Waals surface area contributed by atoms with Gasteiger partial charge in [0.25, 0.3) is 5.91 Å². The van der Waals surface area contributed by atoms with E-state index in [4.69, 9.17) is 11.6 Å². The number of nitrogens with one attached hydrogen (secondary N) is 2. The average molecular weight is 346 g/mol. The number of hydrogen-bond donors (Lipinski definition) is 2. The lowest BCUT2D eigenvalue weighted by Gasteiger charge is -2.08. The Hall–Kier alpha value is -1.07. The third-order valence-corrected chi connectivity index (χ3v) is 4.07. The lowest BCUT2D eigenvalue weighted by molar-refractivity contribution is -0.121. The van der Waals surface area contributed by atoms with Crippen LogP contribution in [0.25, 0.3) is 0 Å². The molecule has 0 spiro atoms. The number of rotatable bonds is 5. The molecule has 1 fully saturated rings. The molecule has 0 aromatic heterocycles. The molecule has 1 aromatic carbocycles. The molecule has 6 heteroatoms. The highest BCUT2D eigenvalue weighted by molar-refractivity contribution is 9.10. The van der Waals surface area contributed by atoms with Crippen LogP contribution in [-0.4, -0.2) is 24.4 Å². The number of carbonyl (C=O) groups is 2. The van der Waals surface area contributed by atoms with Crippen molar-refractivity contribution in [2.24, 2.45) is 0 Å². The summed E-state index contributed by atoms with van der Waals surface area (Å²) in [5.74, 6) is -0.298. The number of halogens is 2. The van der Waals surface area contributed by atoms with Gasteiger partial charge in [0.2, 0.25) is 5.91 Å². The summed E-state index contributed by atoms with van der Waals surface area (Å²) >= 11 is 9.28. The van der Waals surface area contributed by atoms with Crippen LogP contribution >= 0.6 is 27.5 Å². The van der Waals surface area contributed by atoms with Gasteiger partial charge in [-0.2, -0.15) is 0 Å². The van der Waals surface area contributed by atoms with E-state index in [0.29, 0.717) is 27.6 Å². The van der Waals surface area contributed by atoms with Crippen molar-refractivity contribution >= 4 is 39.3 Å². The summed E-state index contributed by atoms with van der Waals surface area (Å²) < 4.78 is 0.674. The Morgan fingerprint density at radius 1 is 1.37 bits per heavy atom. The Labute approximate surface area is 125 Å². The van der Waals surface area contributed by atoms with Gasteiger partial charge in [-0.1, -0.05) is 17.7 Å². The van der Waals surface area contributed by atoms with Crippen LogP contribution in [0.15, 0.2) is 22.7 Å². The van der Waals surface area contributed by atoms with Gasteiger partial charge in [-0.15, -0.1) is 0 Å². The summed E-state index contributed by atoms with van der Waals surface area (Å²) in [6.07, 6.45) is 2.41. The quantitative estimate of drug-likeness (QED) is 0.861. The topological polar surface area (TPSA) is 58.2 Å². The van der Waals surface area contributed by atoms with Crippen LogP contribution in [0.3, 0.4) is 0 Å². The minimum absolute atomic E-state index is 0.0249. The Morgan fingerprint density at radius 3 is 2.79 bits per heavy atom. The van der Waals surface area contributed by atoms with Gasteiger partial charge in [-0.05, 0) is 40.9 Å². The highest BCUT2D eigenvalue weighted by Crippen LogP contribution is 2.25. The molecule has 2 rings (SSSR count). The van der Waals surface area contributed by atoms with Crippen molar-refractivity contribution in [3.8, 4) is 0 Å². The van der Waals surface area contributed by atoms with E-state index in [1.54, 1.807) is 18.2 Å². The van der Waals surface area contributed by atoms with Crippen LogP contribution in [0.1, 0.15) is 29.6 Å². The van der Waals surface area contributed by atoms with Crippen LogP contribution in [-0.2, 0) is 4.79 Å². The van der Waals surface area contributed by atoms with Crippen LogP contribution in [0, 0.1) is 0 Å². The van der Waals surface area contributed by atoms with E-state index < -0.39 is 0 Å². The van der Waals surface area contributed by atoms with Crippen molar-refractivity contribution in [2.45, 2.75) is 25.3 Å². The standard InChI is InChI=1S/C13H14BrClN2O2/c14-10-3-1-2-9(12(10)15)13(19)16-7-6-11(18)17-8-4-5-8/h1-3,8H,4-7H2,(H,16,19)(H,17,18). The molecular formula is C13H14BrClN2O2. The molecule has 0 unspecified atom stereocenters. The summed E-state index contributed by atoms with van der Waals surface area (Å²) in [5, 5.41) is 5.93. The third kappa shape index (κ3) is 4.21. The van der Waals surface area contributed by atoms with Crippen molar-refractivity contribution < 1.29 is 9.59 Å². The van der Waals surface area contributed by atoms with E-state index in [9.17, 15) is 9.59 Å². The highest BCUT2D eigenvalue weighted by atomic mass is 79.9. The molecule has 1 aromatic rings. The van der Waals surface area contributed by atoms with E-state index >= 15 is 0 Å². The van der Waals surface area contributed by atoms with Gasteiger partial charge < -0.3 is 10.6 Å². The van der Waals surface area contributed by atoms with Gasteiger partial charge in [-0.3, -0.25) is 9.59 Å². The highest BCUT2D eigenvalue weighted by Gasteiger charge is 2.22. The minimum Gasteiger partial charge on any atom is -0.353 e.